The lowest BCUT2D eigenvalue weighted by Crippen LogP contribution is -2.08. The highest BCUT2D eigenvalue weighted by atomic mass is 16.5. The van der Waals surface area contributed by atoms with Crippen molar-refractivity contribution in [2.24, 2.45) is 5.92 Å². The van der Waals surface area contributed by atoms with Crippen LogP contribution in [0.3, 0.4) is 0 Å². The van der Waals surface area contributed by atoms with Crippen LogP contribution in [0.4, 0.5) is 0 Å². The molecule has 1 aliphatic rings. The summed E-state index contributed by atoms with van der Waals surface area (Å²) in [6, 6.07) is 5.64. The molecule has 0 saturated heterocycles. The van der Waals surface area contributed by atoms with Gasteiger partial charge in [0.25, 0.3) is 0 Å². The van der Waals surface area contributed by atoms with Crippen molar-refractivity contribution in [3.63, 3.8) is 0 Å². The molecule has 0 unspecified atom stereocenters. The van der Waals surface area contributed by atoms with Gasteiger partial charge in [0, 0.05) is 5.39 Å². The van der Waals surface area contributed by atoms with Gasteiger partial charge in [0.2, 0.25) is 0 Å². The number of fused-ring (bicyclic) bond motifs is 1. The zero-order valence-electron chi connectivity index (χ0n) is 13.2. The van der Waals surface area contributed by atoms with Crippen LogP contribution in [0.5, 0.6) is 5.75 Å². The molecule has 1 aromatic carbocycles. The molecular weight excluding hydrogens is 280 g/mol. The second-order valence-corrected chi connectivity index (χ2v) is 5.87. The summed E-state index contributed by atoms with van der Waals surface area (Å²) in [7, 11) is 0. The maximum Gasteiger partial charge on any atom is 0.342 e. The Hall–Kier alpha value is -1.97. The van der Waals surface area contributed by atoms with Gasteiger partial charge in [-0.1, -0.05) is 12.8 Å². The van der Waals surface area contributed by atoms with Crippen LogP contribution in [-0.2, 0) is 4.74 Å². The molecule has 1 saturated carbocycles. The summed E-state index contributed by atoms with van der Waals surface area (Å²) >= 11 is 0. The molecule has 22 heavy (non-hydrogen) atoms. The number of ether oxygens (including phenoxy) is 2. The third-order valence-electron chi connectivity index (χ3n) is 4.28. The van der Waals surface area contributed by atoms with Crippen LogP contribution >= 0.6 is 0 Å². The number of rotatable bonds is 5. The lowest BCUT2D eigenvalue weighted by Gasteiger charge is -2.11. The number of furan rings is 1. The summed E-state index contributed by atoms with van der Waals surface area (Å²) in [5, 5.41) is 0.764. The van der Waals surface area contributed by atoms with Crippen molar-refractivity contribution in [2.45, 2.75) is 39.5 Å². The van der Waals surface area contributed by atoms with E-state index in [1.54, 1.807) is 13.8 Å². The predicted octanol–water partition coefficient (Wildman–Crippen LogP) is 4.49. The zero-order chi connectivity index (χ0) is 15.5. The molecule has 0 spiro atoms. The third kappa shape index (κ3) is 2.96. The molecule has 3 rings (SSSR count). The number of esters is 1. The molecule has 118 valence electrons. The minimum absolute atomic E-state index is 0.341. The molecule has 0 aliphatic heterocycles. The van der Waals surface area contributed by atoms with Crippen LogP contribution in [0.1, 0.15) is 48.7 Å². The molecule has 0 atom stereocenters. The first kappa shape index (κ1) is 14.9. The summed E-state index contributed by atoms with van der Waals surface area (Å²) < 4.78 is 16.7. The highest BCUT2D eigenvalue weighted by molar-refractivity contribution is 6.04. The second-order valence-electron chi connectivity index (χ2n) is 5.87. The largest absolute Gasteiger partial charge is 0.493 e. The molecule has 0 radical (unpaired) electrons. The molecule has 1 aromatic heterocycles. The molecule has 4 nitrogen and oxygen atoms in total. The Morgan fingerprint density at radius 2 is 2.09 bits per heavy atom. The molecule has 0 amide bonds. The van der Waals surface area contributed by atoms with E-state index >= 15 is 0 Å². The van der Waals surface area contributed by atoms with Crippen LogP contribution in [0, 0.1) is 12.8 Å². The first-order valence-corrected chi connectivity index (χ1v) is 8.02. The van der Waals surface area contributed by atoms with E-state index in [1.165, 1.54) is 25.7 Å². The second kappa shape index (κ2) is 6.42. The highest BCUT2D eigenvalue weighted by Crippen LogP contribution is 2.31. The van der Waals surface area contributed by atoms with Crippen molar-refractivity contribution < 1.29 is 18.7 Å². The Morgan fingerprint density at radius 3 is 2.82 bits per heavy atom. The SMILES string of the molecule is CCOC(=O)c1c(C)oc2ccc(OCC3CCCC3)cc12. The average Bonchev–Trinajstić information content (AvgIpc) is 3.11. The standard InChI is InChI=1S/C18H22O4/c1-3-20-18(19)17-12(2)22-16-9-8-14(10-15(16)17)21-11-13-6-4-5-7-13/h8-10,13H,3-7,11H2,1-2H3. The van der Waals surface area contributed by atoms with E-state index in [-0.39, 0.29) is 5.97 Å². The molecule has 1 aliphatic carbocycles. The van der Waals surface area contributed by atoms with Crippen molar-refractivity contribution in [3.8, 4) is 5.75 Å². The Bertz CT molecular complexity index is 665. The minimum Gasteiger partial charge on any atom is -0.493 e. The van der Waals surface area contributed by atoms with Gasteiger partial charge in [0.1, 0.15) is 22.7 Å². The van der Waals surface area contributed by atoms with Crippen LogP contribution in [0.2, 0.25) is 0 Å². The van der Waals surface area contributed by atoms with Gasteiger partial charge in [-0.3, -0.25) is 0 Å². The van der Waals surface area contributed by atoms with Crippen LogP contribution in [0.15, 0.2) is 22.6 Å². The monoisotopic (exact) mass is 302 g/mol. The predicted molar refractivity (Wildman–Crippen MR) is 84.4 cm³/mol. The van der Waals surface area contributed by atoms with Crippen molar-refractivity contribution in [1.82, 2.24) is 0 Å². The van der Waals surface area contributed by atoms with Gasteiger partial charge in [0.05, 0.1) is 13.2 Å². The molecule has 1 heterocycles. The Labute approximate surface area is 130 Å². The summed E-state index contributed by atoms with van der Waals surface area (Å²) in [6.45, 7) is 4.68. The molecule has 1 fully saturated rings. The summed E-state index contributed by atoms with van der Waals surface area (Å²) in [4.78, 5) is 12.1. The van der Waals surface area contributed by atoms with E-state index in [4.69, 9.17) is 13.9 Å². The summed E-state index contributed by atoms with van der Waals surface area (Å²) in [5.74, 6) is 1.69. The van der Waals surface area contributed by atoms with E-state index in [0.29, 0.717) is 29.4 Å². The third-order valence-corrected chi connectivity index (χ3v) is 4.28. The lowest BCUT2D eigenvalue weighted by atomic mass is 10.1. The number of carbonyl (C=O) groups is 1. The van der Waals surface area contributed by atoms with Crippen molar-refractivity contribution in [1.29, 1.82) is 0 Å². The first-order chi connectivity index (χ1) is 10.7. The van der Waals surface area contributed by atoms with Crippen molar-refractivity contribution in [2.75, 3.05) is 13.2 Å². The Kier molecular flexibility index (Phi) is 4.36. The van der Waals surface area contributed by atoms with Crippen molar-refractivity contribution >= 4 is 16.9 Å². The maximum atomic E-state index is 12.1. The van der Waals surface area contributed by atoms with Gasteiger partial charge in [0.15, 0.2) is 0 Å². The van der Waals surface area contributed by atoms with Crippen LogP contribution < -0.4 is 4.74 Å². The fraction of sp³-hybridized carbons (Fsp3) is 0.500. The molecule has 2 aromatic rings. The van der Waals surface area contributed by atoms with Gasteiger partial charge in [-0.05, 0) is 50.8 Å². The minimum atomic E-state index is -0.341. The van der Waals surface area contributed by atoms with E-state index < -0.39 is 0 Å². The summed E-state index contributed by atoms with van der Waals surface area (Å²) in [6.07, 6.45) is 5.12. The number of benzene rings is 1. The zero-order valence-corrected chi connectivity index (χ0v) is 13.2. The van der Waals surface area contributed by atoms with E-state index in [9.17, 15) is 4.79 Å². The number of hydrogen-bond acceptors (Lipinski definition) is 4. The van der Waals surface area contributed by atoms with Crippen LogP contribution in [-0.4, -0.2) is 19.2 Å². The quantitative estimate of drug-likeness (QED) is 0.764. The molecule has 0 N–H and O–H groups in total. The van der Waals surface area contributed by atoms with E-state index in [0.717, 1.165) is 17.7 Å². The van der Waals surface area contributed by atoms with Gasteiger partial charge in [-0.25, -0.2) is 4.79 Å². The maximum absolute atomic E-state index is 12.1. The van der Waals surface area contributed by atoms with E-state index in [1.807, 2.05) is 18.2 Å². The lowest BCUT2D eigenvalue weighted by molar-refractivity contribution is 0.0526. The molecule has 4 heteroatoms. The average molecular weight is 302 g/mol. The fourth-order valence-corrected chi connectivity index (χ4v) is 3.14. The van der Waals surface area contributed by atoms with Crippen LogP contribution in [0.25, 0.3) is 11.0 Å². The van der Waals surface area contributed by atoms with Gasteiger partial charge in [-0.15, -0.1) is 0 Å². The topological polar surface area (TPSA) is 48.7 Å². The number of aryl methyl sites for hydroxylation is 1. The van der Waals surface area contributed by atoms with E-state index in [2.05, 4.69) is 0 Å². The number of carbonyl (C=O) groups excluding carboxylic acids is 1. The van der Waals surface area contributed by atoms with Gasteiger partial charge >= 0.3 is 5.97 Å². The summed E-state index contributed by atoms with van der Waals surface area (Å²) in [5.41, 5.74) is 1.19. The number of hydrogen-bond donors (Lipinski definition) is 0. The Morgan fingerprint density at radius 1 is 1.32 bits per heavy atom. The van der Waals surface area contributed by atoms with Gasteiger partial charge < -0.3 is 13.9 Å². The molecular formula is C18H22O4. The normalized spacial score (nSPS) is 15.4. The highest BCUT2D eigenvalue weighted by Gasteiger charge is 2.20. The molecule has 0 bridgehead atoms. The van der Waals surface area contributed by atoms with Gasteiger partial charge in [-0.2, -0.15) is 0 Å². The fourth-order valence-electron chi connectivity index (χ4n) is 3.14. The Balaban J connectivity index is 1.83. The van der Waals surface area contributed by atoms with Crippen molar-refractivity contribution in [3.05, 3.63) is 29.5 Å². The first-order valence-electron chi connectivity index (χ1n) is 8.02. The smallest absolute Gasteiger partial charge is 0.342 e.